The summed E-state index contributed by atoms with van der Waals surface area (Å²) >= 11 is 0. The predicted octanol–water partition coefficient (Wildman–Crippen LogP) is 5.02. The van der Waals surface area contributed by atoms with Gasteiger partial charge in [0.25, 0.3) is 0 Å². The Morgan fingerprint density at radius 1 is 0.684 bits per heavy atom. The summed E-state index contributed by atoms with van der Waals surface area (Å²) in [5.41, 5.74) is 0.898. The number of carbonyl (C=O) groups is 2. The maximum Gasteiger partial charge on any atom is 0.310 e. The molecule has 4 aromatic rings. The van der Waals surface area contributed by atoms with Gasteiger partial charge in [-0.25, -0.2) is 0 Å². The van der Waals surface area contributed by atoms with E-state index < -0.39 is 18.7 Å². The second kappa shape index (κ2) is 11.5. The van der Waals surface area contributed by atoms with Crippen LogP contribution in [-0.2, 0) is 20.9 Å². The number of rotatable bonds is 8. The number of esters is 1. The molecule has 0 aliphatic heterocycles. The molecule has 0 radical (unpaired) electrons. The molecule has 0 heterocycles. The van der Waals surface area contributed by atoms with Crippen LogP contribution in [0.2, 0.25) is 0 Å². The fraction of sp³-hybridized carbons (Fsp3) is 0.152. The molecule has 0 unspecified atom stereocenters. The zero-order valence-corrected chi connectivity index (χ0v) is 21.8. The van der Waals surface area contributed by atoms with E-state index in [1.165, 1.54) is 0 Å². The van der Waals surface area contributed by atoms with Crippen LogP contribution in [0.1, 0.15) is 18.4 Å². The van der Waals surface area contributed by atoms with Crippen LogP contribution in [0.4, 0.5) is 0 Å². The lowest BCUT2D eigenvalue weighted by Crippen LogP contribution is -2.44. The smallest absolute Gasteiger partial charge is 0.310 e. The van der Waals surface area contributed by atoms with Gasteiger partial charge in [0.2, 0.25) is 0 Å². The Bertz CT molecular complexity index is 1410. The lowest BCUT2D eigenvalue weighted by Gasteiger charge is -2.36. The maximum atomic E-state index is 14.3. The van der Waals surface area contributed by atoms with E-state index in [0.29, 0.717) is 12.8 Å². The molecular weight excluding hydrogens is 489 g/mol. The SMILES string of the molecule is N#CC(C(=O)[C@@H]1CC[C@@H]1C(=O)OCc1ccccc1)=P(c1ccccc1)(c1ccccc1)c1ccccc1. The van der Waals surface area contributed by atoms with Gasteiger partial charge in [0.15, 0.2) is 5.78 Å². The number of Topliss-reactive ketones (excluding diaryl/α,β-unsaturated/α-hetero) is 1. The van der Waals surface area contributed by atoms with Crippen molar-refractivity contribution in [2.45, 2.75) is 19.4 Å². The molecule has 1 fully saturated rings. The second-order valence-electron chi connectivity index (χ2n) is 9.39. The molecule has 1 aliphatic rings. The number of nitriles is 1. The molecular formula is C33H28NO3P. The number of hydrogen-bond donors (Lipinski definition) is 0. The van der Waals surface area contributed by atoms with E-state index in [0.717, 1.165) is 21.5 Å². The number of carbonyl (C=O) groups excluding carboxylic acids is 2. The van der Waals surface area contributed by atoms with Crippen molar-refractivity contribution in [1.29, 1.82) is 5.26 Å². The van der Waals surface area contributed by atoms with Crippen LogP contribution in [0.3, 0.4) is 0 Å². The lowest BCUT2D eigenvalue weighted by atomic mass is 9.71. The van der Waals surface area contributed by atoms with Gasteiger partial charge in [-0.3, -0.25) is 9.59 Å². The van der Waals surface area contributed by atoms with Crippen LogP contribution >= 0.6 is 6.89 Å². The lowest BCUT2D eigenvalue weighted by molar-refractivity contribution is -0.158. The molecule has 0 spiro atoms. The van der Waals surface area contributed by atoms with Crippen molar-refractivity contribution in [3.63, 3.8) is 0 Å². The summed E-state index contributed by atoms with van der Waals surface area (Å²) in [6.07, 6.45) is 1.14. The third-order valence-corrected chi connectivity index (χ3v) is 11.5. The highest BCUT2D eigenvalue weighted by molar-refractivity contribution is 7.96. The Labute approximate surface area is 223 Å². The van der Waals surface area contributed by atoms with Crippen molar-refractivity contribution >= 4 is 39.8 Å². The summed E-state index contributed by atoms with van der Waals surface area (Å²) in [7, 11) is 0. The zero-order valence-electron chi connectivity index (χ0n) is 20.9. The molecule has 1 saturated carbocycles. The molecule has 4 aromatic carbocycles. The highest BCUT2D eigenvalue weighted by Crippen LogP contribution is 2.48. The van der Waals surface area contributed by atoms with E-state index >= 15 is 0 Å². The van der Waals surface area contributed by atoms with Crippen LogP contribution in [0.15, 0.2) is 121 Å². The van der Waals surface area contributed by atoms with E-state index in [4.69, 9.17) is 4.74 Å². The number of ketones is 1. The minimum absolute atomic E-state index is 0.168. The van der Waals surface area contributed by atoms with Gasteiger partial charge < -0.3 is 4.74 Å². The van der Waals surface area contributed by atoms with Crippen LogP contribution in [0, 0.1) is 23.2 Å². The summed E-state index contributed by atoms with van der Waals surface area (Å²) in [6, 6.07) is 41.4. The van der Waals surface area contributed by atoms with Gasteiger partial charge in [0, 0.05) is 5.92 Å². The normalized spacial score (nSPS) is 16.5. The Balaban J connectivity index is 1.61. The summed E-state index contributed by atoms with van der Waals surface area (Å²) in [5, 5.41) is 13.7. The quantitative estimate of drug-likeness (QED) is 0.243. The first-order chi connectivity index (χ1) is 18.7. The largest absolute Gasteiger partial charge is 0.461 e. The molecule has 1 aliphatic carbocycles. The van der Waals surface area contributed by atoms with E-state index in [9.17, 15) is 14.9 Å². The summed E-state index contributed by atoms with van der Waals surface area (Å²) < 4.78 is 5.59. The minimum Gasteiger partial charge on any atom is -0.461 e. The van der Waals surface area contributed by atoms with Gasteiger partial charge in [-0.1, -0.05) is 121 Å². The van der Waals surface area contributed by atoms with E-state index in [1.807, 2.05) is 121 Å². The fourth-order valence-corrected chi connectivity index (χ4v) is 9.37. The zero-order chi connectivity index (χ0) is 26.4. The standard InChI is InChI=1S/C33H28NO3P/c34-23-31(32(35)29-21-22-30(29)33(36)37-24-25-13-5-1-6-14-25)38(26-15-7-2-8-16-26,27-17-9-3-10-18-27)28-19-11-4-12-20-28/h1-20,29-30H,21-22,24H2/t29-,30+/m1/s1. The van der Waals surface area contributed by atoms with Crippen LogP contribution in [0.5, 0.6) is 0 Å². The summed E-state index contributed by atoms with van der Waals surface area (Å²) in [5.74, 6) is -1.73. The van der Waals surface area contributed by atoms with Crippen LogP contribution < -0.4 is 15.9 Å². The highest BCUT2D eigenvalue weighted by atomic mass is 31.2. The summed E-state index contributed by atoms with van der Waals surface area (Å²) in [6.45, 7) is -2.65. The monoisotopic (exact) mass is 517 g/mol. The molecule has 38 heavy (non-hydrogen) atoms. The number of nitrogens with zero attached hydrogens (tertiary/aromatic N) is 1. The van der Waals surface area contributed by atoms with Gasteiger partial charge in [-0.2, -0.15) is 5.26 Å². The van der Waals surface area contributed by atoms with Crippen molar-refractivity contribution in [2.75, 3.05) is 0 Å². The molecule has 5 rings (SSSR count). The average molecular weight is 518 g/mol. The van der Waals surface area contributed by atoms with Crippen molar-refractivity contribution in [3.05, 3.63) is 127 Å². The Morgan fingerprint density at radius 3 is 1.50 bits per heavy atom. The Kier molecular flexibility index (Phi) is 7.68. The highest BCUT2D eigenvalue weighted by Gasteiger charge is 2.46. The third-order valence-electron chi connectivity index (χ3n) is 7.24. The molecule has 2 atom stereocenters. The Hall–Kier alpha value is -4.19. The Morgan fingerprint density at radius 2 is 1.11 bits per heavy atom. The molecule has 0 N–H and O–H groups in total. The first-order valence-corrected chi connectivity index (χ1v) is 14.5. The van der Waals surface area contributed by atoms with Gasteiger partial charge >= 0.3 is 5.97 Å². The van der Waals surface area contributed by atoms with Gasteiger partial charge in [-0.05, 0) is 41.2 Å². The molecule has 0 bridgehead atoms. The molecule has 4 nitrogen and oxygen atoms in total. The first-order valence-electron chi connectivity index (χ1n) is 12.7. The first kappa shape index (κ1) is 25.5. The maximum absolute atomic E-state index is 14.3. The number of hydrogen-bond acceptors (Lipinski definition) is 4. The van der Waals surface area contributed by atoms with Crippen molar-refractivity contribution in [3.8, 4) is 6.07 Å². The third kappa shape index (κ3) is 4.74. The molecule has 5 heteroatoms. The minimum atomic E-state index is -2.82. The van der Waals surface area contributed by atoms with Crippen molar-refractivity contribution in [2.24, 2.45) is 11.8 Å². The topological polar surface area (TPSA) is 67.2 Å². The number of benzene rings is 4. The molecule has 0 saturated heterocycles. The molecule has 188 valence electrons. The van der Waals surface area contributed by atoms with Crippen LogP contribution in [0.25, 0.3) is 0 Å². The van der Waals surface area contributed by atoms with Crippen LogP contribution in [-0.4, -0.2) is 17.0 Å². The fourth-order valence-electron chi connectivity index (χ4n) is 5.19. The van der Waals surface area contributed by atoms with Gasteiger partial charge in [-0.15, -0.1) is 0 Å². The van der Waals surface area contributed by atoms with Crippen molar-refractivity contribution < 1.29 is 14.3 Å². The average Bonchev–Trinajstić information content (AvgIpc) is 2.96. The van der Waals surface area contributed by atoms with E-state index in [-0.39, 0.29) is 23.7 Å². The summed E-state index contributed by atoms with van der Waals surface area (Å²) in [4.78, 5) is 27.3. The van der Waals surface area contributed by atoms with Gasteiger partial charge in [0.1, 0.15) is 18.0 Å². The van der Waals surface area contributed by atoms with E-state index in [1.54, 1.807) is 0 Å². The predicted molar refractivity (Wildman–Crippen MR) is 153 cm³/mol. The van der Waals surface area contributed by atoms with Gasteiger partial charge in [0.05, 0.1) is 5.92 Å². The second-order valence-corrected chi connectivity index (χ2v) is 12.7. The molecule has 0 amide bonds. The molecule has 0 aromatic heterocycles. The van der Waals surface area contributed by atoms with Crippen molar-refractivity contribution in [1.82, 2.24) is 0 Å². The number of ether oxygens (including phenoxy) is 1. The van der Waals surface area contributed by atoms with E-state index in [2.05, 4.69) is 6.07 Å².